The highest BCUT2D eigenvalue weighted by atomic mass is 16.2. The lowest BCUT2D eigenvalue weighted by Gasteiger charge is -2.19. The van der Waals surface area contributed by atoms with Gasteiger partial charge in [-0.3, -0.25) is 14.4 Å². The van der Waals surface area contributed by atoms with Gasteiger partial charge in [-0.25, -0.2) is 0 Å². The first kappa shape index (κ1) is 22.7. The van der Waals surface area contributed by atoms with Crippen LogP contribution in [0.25, 0.3) is 0 Å². The molecule has 0 aliphatic rings. The fourth-order valence-electron chi connectivity index (χ4n) is 3.59. The Morgan fingerprint density at radius 1 is 0.875 bits per heavy atom. The van der Waals surface area contributed by atoms with Crippen LogP contribution in [0.5, 0.6) is 0 Å². The third-order valence-electron chi connectivity index (χ3n) is 5.26. The highest BCUT2D eigenvalue weighted by molar-refractivity contribution is 6.39. The van der Waals surface area contributed by atoms with Gasteiger partial charge < -0.3 is 16.4 Å². The minimum absolute atomic E-state index is 0.280. The summed E-state index contributed by atoms with van der Waals surface area (Å²) >= 11 is 0. The van der Waals surface area contributed by atoms with Crippen LogP contribution in [0, 0.1) is 6.92 Å². The number of anilines is 1. The Labute approximate surface area is 187 Å². The Morgan fingerprint density at radius 2 is 1.53 bits per heavy atom. The number of benzene rings is 3. The standard InChI is InChI=1S/C26H27N3O3/c1-18-17-21(15-16-22(18)24(27)30)28-25(31)26(32)29-23(20-12-6-3-7-13-20)14-8-11-19-9-4-2-5-10-19/h2-7,9-10,12-13,15-17,23H,8,11,14H2,1H3,(H2,27,30)(H,28,31)(H,29,32)/t23-/m0/s1. The number of amides is 3. The summed E-state index contributed by atoms with van der Waals surface area (Å²) in [5, 5.41) is 5.44. The van der Waals surface area contributed by atoms with Crippen molar-refractivity contribution in [1.82, 2.24) is 5.32 Å². The van der Waals surface area contributed by atoms with E-state index < -0.39 is 17.7 Å². The van der Waals surface area contributed by atoms with Crippen molar-refractivity contribution in [2.45, 2.75) is 32.2 Å². The predicted octanol–water partition coefficient (Wildman–Crippen LogP) is 3.91. The molecule has 164 valence electrons. The first-order chi connectivity index (χ1) is 15.4. The van der Waals surface area contributed by atoms with Gasteiger partial charge in [0.1, 0.15) is 0 Å². The van der Waals surface area contributed by atoms with Crippen LogP contribution in [0.3, 0.4) is 0 Å². The topological polar surface area (TPSA) is 101 Å². The van der Waals surface area contributed by atoms with Gasteiger partial charge in [0.05, 0.1) is 6.04 Å². The maximum absolute atomic E-state index is 12.6. The van der Waals surface area contributed by atoms with Gasteiger partial charge in [-0.2, -0.15) is 0 Å². The van der Waals surface area contributed by atoms with Crippen LogP contribution in [0.1, 0.15) is 45.9 Å². The largest absolute Gasteiger partial charge is 0.366 e. The second kappa shape index (κ2) is 10.9. The summed E-state index contributed by atoms with van der Waals surface area (Å²) in [5.41, 5.74) is 8.91. The molecule has 0 radical (unpaired) electrons. The van der Waals surface area contributed by atoms with Crippen LogP contribution in [-0.4, -0.2) is 17.7 Å². The van der Waals surface area contributed by atoms with E-state index in [0.29, 0.717) is 23.2 Å². The van der Waals surface area contributed by atoms with Crippen molar-refractivity contribution in [1.29, 1.82) is 0 Å². The molecule has 0 fully saturated rings. The molecule has 6 heteroatoms. The van der Waals surface area contributed by atoms with Crippen molar-refractivity contribution in [3.05, 3.63) is 101 Å². The summed E-state index contributed by atoms with van der Waals surface area (Å²) in [6.07, 6.45) is 2.45. The fraction of sp³-hybridized carbons (Fsp3) is 0.192. The van der Waals surface area contributed by atoms with E-state index in [2.05, 4.69) is 22.8 Å². The number of primary amides is 1. The highest BCUT2D eigenvalue weighted by Gasteiger charge is 2.20. The van der Waals surface area contributed by atoms with Gasteiger partial charge in [-0.05, 0) is 61.1 Å². The fourth-order valence-corrected chi connectivity index (χ4v) is 3.59. The summed E-state index contributed by atoms with van der Waals surface area (Å²) in [5.74, 6) is -2.02. The molecule has 3 aromatic rings. The smallest absolute Gasteiger partial charge is 0.313 e. The van der Waals surface area contributed by atoms with Gasteiger partial charge in [-0.1, -0.05) is 60.7 Å². The molecule has 0 spiro atoms. The number of nitrogens with one attached hydrogen (secondary N) is 2. The lowest BCUT2D eigenvalue weighted by molar-refractivity contribution is -0.136. The average molecular weight is 430 g/mol. The Bertz CT molecular complexity index is 1080. The van der Waals surface area contributed by atoms with Crippen LogP contribution in [-0.2, 0) is 16.0 Å². The molecule has 0 bridgehead atoms. The maximum Gasteiger partial charge on any atom is 0.313 e. The summed E-state index contributed by atoms with van der Waals surface area (Å²) in [4.78, 5) is 36.5. The minimum atomic E-state index is -0.764. The number of carbonyl (C=O) groups is 3. The van der Waals surface area contributed by atoms with Gasteiger partial charge >= 0.3 is 11.8 Å². The Hall–Kier alpha value is -3.93. The van der Waals surface area contributed by atoms with E-state index >= 15 is 0 Å². The third kappa shape index (κ3) is 6.28. The lowest BCUT2D eigenvalue weighted by atomic mass is 9.99. The summed E-state index contributed by atoms with van der Waals surface area (Å²) in [7, 11) is 0. The SMILES string of the molecule is Cc1cc(NC(=O)C(=O)N[C@@H](CCCc2ccccc2)c2ccccc2)ccc1C(N)=O. The van der Waals surface area contributed by atoms with Gasteiger partial charge in [0.2, 0.25) is 5.91 Å². The summed E-state index contributed by atoms with van der Waals surface area (Å²) in [6, 6.07) is 24.2. The van der Waals surface area contributed by atoms with Crippen molar-refractivity contribution in [3.8, 4) is 0 Å². The van der Waals surface area contributed by atoms with Gasteiger partial charge in [0.25, 0.3) is 0 Å². The molecular weight excluding hydrogens is 402 g/mol. The highest BCUT2D eigenvalue weighted by Crippen LogP contribution is 2.20. The molecule has 0 saturated carbocycles. The molecule has 4 N–H and O–H groups in total. The molecule has 0 unspecified atom stereocenters. The molecule has 1 atom stereocenters. The molecule has 6 nitrogen and oxygen atoms in total. The first-order valence-electron chi connectivity index (χ1n) is 10.5. The molecule has 3 aromatic carbocycles. The van der Waals surface area contributed by atoms with Crippen LogP contribution >= 0.6 is 0 Å². The van der Waals surface area contributed by atoms with Gasteiger partial charge in [-0.15, -0.1) is 0 Å². The second-order valence-electron chi connectivity index (χ2n) is 7.66. The third-order valence-corrected chi connectivity index (χ3v) is 5.26. The molecule has 0 aliphatic heterocycles. The van der Waals surface area contributed by atoms with Crippen LogP contribution in [0.15, 0.2) is 78.9 Å². The van der Waals surface area contributed by atoms with E-state index in [4.69, 9.17) is 5.73 Å². The van der Waals surface area contributed by atoms with E-state index in [-0.39, 0.29) is 6.04 Å². The molecule has 0 saturated heterocycles. The van der Waals surface area contributed by atoms with Crippen molar-refractivity contribution in [3.63, 3.8) is 0 Å². The normalized spacial score (nSPS) is 11.4. The van der Waals surface area contributed by atoms with Crippen molar-refractivity contribution >= 4 is 23.4 Å². The molecular formula is C26H27N3O3. The molecule has 3 amide bonds. The first-order valence-corrected chi connectivity index (χ1v) is 10.5. The quantitative estimate of drug-likeness (QED) is 0.473. The number of hydrogen-bond donors (Lipinski definition) is 3. The number of nitrogens with two attached hydrogens (primary N) is 1. The lowest BCUT2D eigenvalue weighted by Crippen LogP contribution is -2.38. The monoisotopic (exact) mass is 429 g/mol. The van der Waals surface area contributed by atoms with E-state index in [1.165, 1.54) is 11.6 Å². The zero-order chi connectivity index (χ0) is 22.9. The zero-order valence-corrected chi connectivity index (χ0v) is 18.0. The van der Waals surface area contributed by atoms with Crippen molar-refractivity contribution in [2.24, 2.45) is 5.73 Å². The van der Waals surface area contributed by atoms with Crippen LogP contribution in [0.4, 0.5) is 5.69 Å². The predicted molar refractivity (Wildman–Crippen MR) is 125 cm³/mol. The molecule has 32 heavy (non-hydrogen) atoms. The number of aryl methyl sites for hydroxylation is 2. The number of rotatable bonds is 8. The Balaban J connectivity index is 1.64. The molecule has 0 aromatic heterocycles. The van der Waals surface area contributed by atoms with Crippen LogP contribution < -0.4 is 16.4 Å². The summed E-state index contributed by atoms with van der Waals surface area (Å²) < 4.78 is 0. The van der Waals surface area contributed by atoms with Crippen LogP contribution in [0.2, 0.25) is 0 Å². The minimum Gasteiger partial charge on any atom is -0.366 e. The Kier molecular flexibility index (Phi) is 7.75. The Morgan fingerprint density at radius 3 is 2.16 bits per heavy atom. The van der Waals surface area contributed by atoms with E-state index in [0.717, 1.165) is 18.4 Å². The van der Waals surface area contributed by atoms with E-state index in [9.17, 15) is 14.4 Å². The molecule has 0 heterocycles. The summed E-state index contributed by atoms with van der Waals surface area (Å²) in [6.45, 7) is 1.72. The molecule has 0 aliphatic carbocycles. The maximum atomic E-state index is 12.6. The van der Waals surface area contributed by atoms with Gasteiger partial charge in [0, 0.05) is 11.3 Å². The second-order valence-corrected chi connectivity index (χ2v) is 7.66. The molecule has 3 rings (SSSR count). The number of hydrogen-bond acceptors (Lipinski definition) is 3. The van der Waals surface area contributed by atoms with Crippen molar-refractivity contribution in [2.75, 3.05) is 5.32 Å². The van der Waals surface area contributed by atoms with Crippen molar-refractivity contribution < 1.29 is 14.4 Å². The van der Waals surface area contributed by atoms with Gasteiger partial charge in [0.15, 0.2) is 0 Å². The van der Waals surface area contributed by atoms with E-state index in [1.807, 2.05) is 48.5 Å². The zero-order valence-electron chi connectivity index (χ0n) is 18.0. The van der Waals surface area contributed by atoms with E-state index in [1.54, 1.807) is 19.1 Å². The average Bonchev–Trinajstić information content (AvgIpc) is 2.79. The number of carbonyl (C=O) groups excluding carboxylic acids is 3.